The summed E-state index contributed by atoms with van der Waals surface area (Å²) in [6.45, 7) is 4.79. The van der Waals surface area contributed by atoms with Crippen molar-refractivity contribution in [3.05, 3.63) is 253 Å². The van der Waals surface area contributed by atoms with Crippen LogP contribution >= 0.6 is 0 Å². The van der Waals surface area contributed by atoms with E-state index in [1.165, 1.54) is 93.8 Å². The lowest BCUT2D eigenvalue weighted by Crippen LogP contribution is -2.17. The molecule has 2 aliphatic carbocycles. The largest absolute Gasteiger partial charge is 0.311 e. The summed E-state index contributed by atoms with van der Waals surface area (Å²) in [7, 11) is 0. The fraction of sp³-hybridized carbons (Fsp3) is 0.0462. The predicted molar refractivity (Wildman–Crippen MR) is 286 cm³/mol. The smallest absolute Gasteiger partial charge is 0.0546 e. The van der Waals surface area contributed by atoms with Gasteiger partial charge in [-0.1, -0.05) is 196 Å². The van der Waals surface area contributed by atoms with E-state index in [2.05, 4.69) is 266 Å². The SMILES string of the molecule is CC1(C)c2cc(/C=C/c3ccc(N(c4ccccc4)c4ccccc4)cc3)ccc2-c2ccc(N(c3ccc4c5c(cccc35)-c3ccccc3-4)c3cc4ccccc4c4ccccc34)cc21. The lowest BCUT2D eigenvalue weighted by atomic mass is 9.81. The number of benzene rings is 11. The van der Waals surface area contributed by atoms with Crippen molar-refractivity contribution in [2.45, 2.75) is 19.3 Å². The Bertz CT molecular complexity index is 3700. The van der Waals surface area contributed by atoms with E-state index in [0.29, 0.717) is 0 Å². The molecule has 2 heteroatoms. The maximum atomic E-state index is 2.54. The highest BCUT2D eigenvalue weighted by molar-refractivity contribution is 6.21. The third-order valence-corrected chi connectivity index (χ3v) is 14.3. The molecule has 0 heterocycles. The van der Waals surface area contributed by atoms with E-state index in [0.717, 1.165) is 28.3 Å². The Morgan fingerprint density at radius 2 is 0.821 bits per heavy atom. The van der Waals surface area contributed by atoms with Gasteiger partial charge in [-0.05, 0) is 138 Å². The van der Waals surface area contributed by atoms with Crippen LogP contribution in [0.25, 0.3) is 77.9 Å². The molecule has 0 fully saturated rings. The van der Waals surface area contributed by atoms with Crippen LogP contribution in [0.1, 0.15) is 36.1 Å². The zero-order valence-corrected chi connectivity index (χ0v) is 37.5. The van der Waals surface area contributed by atoms with Gasteiger partial charge in [0.05, 0.1) is 11.4 Å². The second kappa shape index (κ2) is 15.3. The Kier molecular flexibility index (Phi) is 8.91. The average Bonchev–Trinajstić information content (AvgIpc) is 3.83. The third kappa shape index (κ3) is 6.25. The van der Waals surface area contributed by atoms with Gasteiger partial charge in [0, 0.05) is 38.9 Å². The third-order valence-electron chi connectivity index (χ3n) is 14.3. The van der Waals surface area contributed by atoms with E-state index in [4.69, 9.17) is 0 Å². The molecule has 0 radical (unpaired) electrons. The van der Waals surface area contributed by atoms with Crippen molar-refractivity contribution in [1.82, 2.24) is 0 Å². The van der Waals surface area contributed by atoms with E-state index >= 15 is 0 Å². The molecule has 0 unspecified atom stereocenters. The maximum Gasteiger partial charge on any atom is 0.0546 e. The van der Waals surface area contributed by atoms with Crippen molar-refractivity contribution >= 4 is 78.6 Å². The summed E-state index contributed by atoms with van der Waals surface area (Å²) in [5.41, 5.74) is 19.5. The Hall–Kier alpha value is -8.46. The van der Waals surface area contributed by atoms with Gasteiger partial charge in [0.1, 0.15) is 0 Å². The number of rotatable bonds is 8. The molecule has 0 aromatic heterocycles. The molecule has 0 bridgehead atoms. The van der Waals surface area contributed by atoms with Gasteiger partial charge < -0.3 is 9.80 Å². The monoisotopic (exact) mass is 854 g/mol. The minimum absolute atomic E-state index is 0.231. The van der Waals surface area contributed by atoms with Gasteiger partial charge in [0.2, 0.25) is 0 Å². The molecule has 0 aliphatic heterocycles. The molecule has 0 spiro atoms. The lowest BCUT2D eigenvalue weighted by Gasteiger charge is -2.30. The van der Waals surface area contributed by atoms with Gasteiger partial charge in [-0.3, -0.25) is 0 Å². The van der Waals surface area contributed by atoms with Gasteiger partial charge >= 0.3 is 0 Å². The molecule has 0 atom stereocenters. The summed E-state index contributed by atoms with van der Waals surface area (Å²) in [6.07, 6.45) is 4.49. The molecule has 0 saturated carbocycles. The zero-order chi connectivity index (χ0) is 44.6. The molecule has 0 saturated heterocycles. The first kappa shape index (κ1) is 39.0. The van der Waals surface area contributed by atoms with Crippen LogP contribution in [0.15, 0.2) is 231 Å². The van der Waals surface area contributed by atoms with Gasteiger partial charge in [0.25, 0.3) is 0 Å². The topological polar surface area (TPSA) is 6.48 Å². The van der Waals surface area contributed by atoms with Crippen LogP contribution in [0.4, 0.5) is 34.1 Å². The van der Waals surface area contributed by atoms with Crippen LogP contribution in [0.5, 0.6) is 0 Å². The molecular weight excluding hydrogens is 809 g/mol. The second-order valence-electron chi connectivity index (χ2n) is 18.5. The van der Waals surface area contributed by atoms with Crippen LogP contribution in [-0.4, -0.2) is 0 Å². The minimum atomic E-state index is -0.231. The quantitative estimate of drug-likeness (QED) is 0.111. The van der Waals surface area contributed by atoms with Gasteiger partial charge in [-0.15, -0.1) is 0 Å². The molecule has 11 aromatic carbocycles. The minimum Gasteiger partial charge on any atom is -0.311 e. The number of nitrogens with zero attached hydrogens (tertiary/aromatic N) is 2. The van der Waals surface area contributed by atoms with Crippen molar-refractivity contribution in [2.75, 3.05) is 9.80 Å². The Labute approximate surface area is 392 Å². The van der Waals surface area contributed by atoms with Crippen LogP contribution in [0, 0.1) is 0 Å². The van der Waals surface area contributed by atoms with E-state index in [-0.39, 0.29) is 5.41 Å². The molecular formula is C65H46N2. The van der Waals surface area contributed by atoms with E-state index < -0.39 is 0 Å². The summed E-state index contributed by atoms with van der Waals surface area (Å²) in [4.78, 5) is 4.84. The van der Waals surface area contributed by atoms with Crippen molar-refractivity contribution in [3.63, 3.8) is 0 Å². The summed E-state index contributed by atoms with van der Waals surface area (Å²) < 4.78 is 0. The molecule has 316 valence electrons. The van der Waals surface area contributed by atoms with Gasteiger partial charge in [0.15, 0.2) is 0 Å². The highest BCUT2D eigenvalue weighted by Gasteiger charge is 2.36. The van der Waals surface area contributed by atoms with E-state index in [1.807, 2.05) is 0 Å². The first-order valence-electron chi connectivity index (χ1n) is 23.3. The fourth-order valence-electron chi connectivity index (χ4n) is 11.1. The van der Waals surface area contributed by atoms with Gasteiger partial charge in [-0.25, -0.2) is 0 Å². The number of hydrogen-bond donors (Lipinski definition) is 0. The lowest BCUT2D eigenvalue weighted by molar-refractivity contribution is 0.660. The average molecular weight is 855 g/mol. The molecule has 0 amide bonds. The van der Waals surface area contributed by atoms with Crippen LogP contribution < -0.4 is 9.80 Å². The highest BCUT2D eigenvalue weighted by atomic mass is 15.1. The molecule has 2 aliphatic rings. The van der Waals surface area contributed by atoms with Crippen LogP contribution in [-0.2, 0) is 5.41 Å². The standard InChI is InChI=1S/C65H46N2/c1-65(2)60-40-44(29-28-43-30-33-48(34-31-43)66(46-17-5-3-6-18-46)47-19-7-4-8-20-47)32-36-54(60)55-37-35-49(42-61(55)65)67(63-41-45-16-9-10-21-50(45)51-22-13-14-25-56(51)63)62-39-38-58-53-24-12-11-23-52(53)57-26-15-27-59(62)64(57)58/h3-42H,1-2H3/b29-28+. The summed E-state index contributed by atoms with van der Waals surface area (Å²) >= 11 is 0. The maximum absolute atomic E-state index is 2.54. The van der Waals surface area contributed by atoms with Crippen molar-refractivity contribution in [1.29, 1.82) is 0 Å². The number of anilines is 6. The van der Waals surface area contributed by atoms with E-state index in [9.17, 15) is 0 Å². The van der Waals surface area contributed by atoms with Crippen LogP contribution in [0.2, 0.25) is 0 Å². The molecule has 2 nitrogen and oxygen atoms in total. The zero-order valence-electron chi connectivity index (χ0n) is 37.5. The summed E-state index contributed by atoms with van der Waals surface area (Å²) in [5.74, 6) is 0. The first-order chi connectivity index (χ1) is 33.0. The number of fused-ring (bicyclic) bond motifs is 9. The van der Waals surface area contributed by atoms with Gasteiger partial charge in [-0.2, -0.15) is 0 Å². The Balaban J connectivity index is 0.893. The Morgan fingerprint density at radius 1 is 0.313 bits per heavy atom. The highest BCUT2D eigenvalue weighted by Crippen LogP contribution is 2.55. The van der Waals surface area contributed by atoms with Crippen molar-refractivity contribution in [3.8, 4) is 33.4 Å². The molecule has 67 heavy (non-hydrogen) atoms. The van der Waals surface area contributed by atoms with Crippen LogP contribution in [0.3, 0.4) is 0 Å². The molecule has 0 N–H and O–H groups in total. The number of hydrogen-bond acceptors (Lipinski definition) is 2. The normalized spacial score (nSPS) is 13.0. The van der Waals surface area contributed by atoms with Crippen molar-refractivity contribution < 1.29 is 0 Å². The fourth-order valence-corrected chi connectivity index (χ4v) is 11.1. The molecule has 13 rings (SSSR count). The first-order valence-corrected chi connectivity index (χ1v) is 23.3. The Morgan fingerprint density at radius 3 is 1.55 bits per heavy atom. The second-order valence-corrected chi connectivity index (χ2v) is 18.5. The van der Waals surface area contributed by atoms with Crippen molar-refractivity contribution in [2.24, 2.45) is 0 Å². The predicted octanol–water partition coefficient (Wildman–Crippen LogP) is 18.2. The van der Waals surface area contributed by atoms with E-state index in [1.54, 1.807) is 0 Å². The molecule has 11 aromatic rings. The number of para-hydroxylation sites is 2. The summed E-state index contributed by atoms with van der Waals surface area (Å²) in [6, 6.07) is 84.7. The summed E-state index contributed by atoms with van der Waals surface area (Å²) in [5, 5.41) is 7.55.